The first kappa shape index (κ1) is 18.5. The summed E-state index contributed by atoms with van der Waals surface area (Å²) in [5, 5.41) is 1.19. The summed E-state index contributed by atoms with van der Waals surface area (Å²) < 4.78 is 1.85. The number of nitrogens with zero attached hydrogens (tertiary/aromatic N) is 2. The topological polar surface area (TPSA) is 34.9 Å². The van der Waals surface area contributed by atoms with Crippen LogP contribution in [0.1, 0.15) is 57.1 Å². The lowest BCUT2D eigenvalue weighted by Gasteiger charge is -2.42. The van der Waals surface area contributed by atoms with Crippen molar-refractivity contribution in [3.05, 3.63) is 58.4 Å². The molecular formula is C23H28N2OS. The van der Waals surface area contributed by atoms with Crippen molar-refractivity contribution < 1.29 is 0 Å². The standard InChI is InChI=1S/C23H28N2OS/c1-4-14-25-21(26)19-20(24-22(25)27-16(2)3)18-11-7-6-10-17(18)15-23(19)12-8-5-9-13-23/h4,6-7,10-11,16H,1,5,8-9,12-15H2,2-3H3. The largest absolute Gasteiger partial charge is 0.283 e. The molecule has 2 aliphatic rings. The molecule has 142 valence electrons. The van der Waals surface area contributed by atoms with E-state index in [4.69, 9.17) is 4.98 Å². The first-order valence-corrected chi connectivity index (χ1v) is 10.9. The fraction of sp³-hybridized carbons (Fsp3) is 0.478. The minimum atomic E-state index is -0.0457. The second-order valence-corrected chi connectivity index (χ2v) is 9.71. The molecule has 0 aliphatic heterocycles. The average molecular weight is 381 g/mol. The third-order valence-electron chi connectivity index (χ3n) is 5.93. The Morgan fingerprint density at radius 3 is 2.70 bits per heavy atom. The van der Waals surface area contributed by atoms with Crippen molar-refractivity contribution in [2.45, 2.75) is 74.7 Å². The van der Waals surface area contributed by atoms with E-state index < -0.39 is 0 Å². The Morgan fingerprint density at radius 1 is 1.26 bits per heavy atom. The third-order valence-corrected chi connectivity index (χ3v) is 6.92. The second kappa shape index (κ2) is 7.31. The maximum absolute atomic E-state index is 13.8. The van der Waals surface area contributed by atoms with Crippen molar-refractivity contribution in [2.75, 3.05) is 0 Å². The molecule has 4 heteroatoms. The van der Waals surface area contributed by atoms with Gasteiger partial charge in [0.25, 0.3) is 5.56 Å². The van der Waals surface area contributed by atoms with Crippen LogP contribution in [0.5, 0.6) is 0 Å². The number of allylic oxidation sites excluding steroid dienone is 1. The average Bonchev–Trinajstić information content (AvgIpc) is 2.65. The molecule has 0 amide bonds. The van der Waals surface area contributed by atoms with Gasteiger partial charge in [-0.25, -0.2) is 4.98 Å². The highest BCUT2D eigenvalue weighted by molar-refractivity contribution is 7.99. The van der Waals surface area contributed by atoms with Crippen LogP contribution in [0.2, 0.25) is 0 Å². The second-order valence-electron chi connectivity index (χ2n) is 8.16. The number of fused-ring (bicyclic) bond motifs is 4. The van der Waals surface area contributed by atoms with Crippen molar-refractivity contribution in [3.63, 3.8) is 0 Å². The summed E-state index contributed by atoms with van der Waals surface area (Å²) in [5.41, 5.74) is 4.51. The van der Waals surface area contributed by atoms with Gasteiger partial charge in [-0.1, -0.05) is 75.2 Å². The molecule has 1 saturated carbocycles. The molecule has 1 aromatic heterocycles. The van der Waals surface area contributed by atoms with Crippen LogP contribution in [0.25, 0.3) is 11.3 Å². The molecule has 4 rings (SSSR count). The number of benzene rings is 1. The number of hydrogen-bond donors (Lipinski definition) is 0. The zero-order valence-corrected chi connectivity index (χ0v) is 17.1. The van der Waals surface area contributed by atoms with Gasteiger partial charge in [0.15, 0.2) is 5.16 Å². The van der Waals surface area contributed by atoms with Gasteiger partial charge in [-0.2, -0.15) is 0 Å². The van der Waals surface area contributed by atoms with Crippen LogP contribution in [0.15, 0.2) is 46.9 Å². The molecule has 3 nitrogen and oxygen atoms in total. The lowest BCUT2D eigenvalue weighted by molar-refractivity contribution is 0.282. The Kier molecular flexibility index (Phi) is 5.02. The predicted molar refractivity (Wildman–Crippen MR) is 114 cm³/mol. The molecule has 1 fully saturated rings. The van der Waals surface area contributed by atoms with E-state index in [1.807, 2.05) is 10.6 Å². The summed E-state index contributed by atoms with van der Waals surface area (Å²) in [6.07, 6.45) is 8.64. The maximum Gasteiger partial charge on any atom is 0.258 e. The smallest absolute Gasteiger partial charge is 0.258 e. The van der Waals surface area contributed by atoms with Gasteiger partial charge < -0.3 is 0 Å². The summed E-state index contributed by atoms with van der Waals surface area (Å²) in [7, 11) is 0. The molecule has 2 aliphatic carbocycles. The SMILES string of the molecule is C=CCn1c(SC(C)C)nc2c(c1=O)C1(CCCCC1)Cc1ccccc1-2. The van der Waals surface area contributed by atoms with E-state index in [-0.39, 0.29) is 11.0 Å². The van der Waals surface area contributed by atoms with Crippen molar-refractivity contribution in [1.82, 2.24) is 9.55 Å². The number of hydrogen-bond acceptors (Lipinski definition) is 3. The van der Waals surface area contributed by atoms with Gasteiger partial charge >= 0.3 is 0 Å². The monoisotopic (exact) mass is 380 g/mol. The van der Waals surface area contributed by atoms with Crippen LogP contribution < -0.4 is 5.56 Å². The first-order chi connectivity index (χ1) is 13.1. The predicted octanol–water partition coefficient (Wildman–Crippen LogP) is 5.35. The highest BCUT2D eigenvalue weighted by atomic mass is 32.2. The Hall–Kier alpha value is -1.81. The quantitative estimate of drug-likeness (QED) is 0.407. The highest BCUT2D eigenvalue weighted by Crippen LogP contribution is 2.48. The maximum atomic E-state index is 13.8. The first-order valence-electron chi connectivity index (χ1n) is 10.1. The number of thioether (sulfide) groups is 1. The molecule has 0 saturated heterocycles. The molecule has 0 atom stereocenters. The van der Waals surface area contributed by atoms with Crippen molar-refractivity contribution >= 4 is 11.8 Å². The van der Waals surface area contributed by atoms with E-state index in [0.717, 1.165) is 41.2 Å². The van der Waals surface area contributed by atoms with Gasteiger partial charge in [-0.3, -0.25) is 9.36 Å². The molecule has 1 aromatic carbocycles. The van der Waals surface area contributed by atoms with Gasteiger partial charge in [0.1, 0.15) is 0 Å². The van der Waals surface area contributed by atoms with E-state index in [1.54, 1.807) is 11.8 Å². The molecule has 1 spiro atoms. The van der Waals surface area contributed by atoms with E-state index >= 15 is 0 Å². The summed E-state index contributed by atoms with van der Waals surface area (Å²) in [6.45, 7) is 8.68. The zero-order valence-electron chi connectivity index (χ0n) is 16.3. The minimum Gasteiger partial charge on any atom is -0.283 e. The highest BCUT2D eigenvalue weighted by Gasteiger charge is 2.43. The van der Waals surface area contributed by atoms with Crippen LogP contribution in [0.3, 0.4) is 0 Å². The van der Waals surface area contributed by atoms with Crippen LogP contribution in [0, 0.1) is 0 Å². The normalized spacial score (nSPS) is 17.6. The molecule has 0 bridgehead atoms. The van der Waals surface area contributed by atoms with Crippen molar-refractivity contribution in [3.8, 4) is 11.3 Å². The zero-order chi connectivity index (χ0) is 19.0. The van der Waals surface area contributed by atoms with Gasteiger partial charge in [0, 0.05) is 22.8 Å². The van der Waals surface area contributed by atoms with E-state index in [1.165, 1.54) is 24.8 Å². The Labute approximate surface area is 165 Å². The van der Waals surface area contributed by atoms with Crippen LogP contribution >= 0.6 is 11.8 Å². The summed E-state index contributed by atoms with van der Waals surface area (Å²) in [6, 6.07) is 8.54. The number of rotatable bonds is 4. The van der Waals surface area contributed by atoms with E-state index in [9.17, 15) is 4.79 Å². The Morgan fingerprint density at radius 2 is 2.00 bits per heavy atom. The lowest BCUT2D eigenvalue weighted by atomic mass is 9.62. The third kappa shape index (κ3) is 3.18. The van der Waals surface area contributed by atoms with Crippen molar-refractivity contribution in [1.29, 1.82) is 0 Å². The van der Waals surface area contributed by atoms with Gasteiger partial charge in [-0.05, 0) is 24.8 Å². The van der Waals surface area contributed by atoms with Crippen LogP contribution in [0.4, 0.5) is 0 Å². The summed E-state index contributed by atoms with van der Waals surface area (Å²) >= 11 is 1.67. The fourth-order valence-electron chi connectivity index (χ4n) is 4.81. The Bertz CT molecular complexity index is 922. The van der Waals surface area contributed by atoms with Crippen molar-refractivity contribution in [2.24, 2.45) is 0 Å². The van der Waals surface area contributed by atoms with E-state index in [2.05, 4.69) is 44.7 Å². The lowest BCUT2D eigenvalue weighted by Crippen LogP contribution is -2.43. The van der Waals surface area contributed by atoms with Crippen LogP contribution in [-0.4, -0.2) is 14.8 Å². The molecule has 0 radical (unpaired) electrons. The van der Waals surface area contributed by atoms with Gasteiger partial charge in [0.05, 0.1) is 11.3 Å². The Balaban J connectivity index is 2.02. The fourth-order valence-corrected chi connectivity index (χ4v) is 5.66. The molecule has 0 unspecified atom stereocenters. The van der Waals surface area contributed by atoms with Crippen LogP contribution in [-0.2, 0) is 18.4 Å². The summed E-state index contributed by atoms with van der Waals surface area (Å²) in [4.78, 5) is 18.9. The molecule has 0 N–H and O–H groups in total. The number of aromatic nitrogens is 2. The van der Waals surface area contributed by atoms with Gasteiger partial charge in [-0.15, -0.1) is 6.58 Å². The van der Waals surface area contributed by atoms with E-state index in [0.29, 0.717) is 11.8 Å². The molecule has 27 heavy (non-hydrogen) atoms. The summed E-state index contributed by atoms with van der Waals surface area (Å²) in [5.74, 6) is 0. The molecule has 2 aromatic rings. The molecular weight excluding hydrogens is 352 g/mol. The van der Waals surface area contributed by atoms with Gasteiger partial charge in [0.2, 0.25) is 0 Å². The molecule has 1 heterocycles. The minimum absolute atomic E-state index is 0.0457.